The summed E-state index contributed by atoms with van der Waals surface area (Å²) in [4.78, 5) is 0. The van der Waals surface area contributed by atoms with Crippen molar-refractivity contribution in [2.45, 2.75) is 18.4 Å². The van der Waals surface area contributed by atoms with Crippen molar-refractivity contribution in [3.63, 3.8) is 0 Å². The van der Waals surface area contributed by atoms with E-state index < -0.39 is 0 Å². The van der Waals surface area contributed by atoms with Crippen molar-refractivity contribution in [1.82, 2.24) is 5.32 Å². The number of ether oxygens (including phenoxy) is 1. The van der Waals surface area contributed by atoms with Gasteiger partial charge >= 0.3 is 0 Å². The molecule has 3 aliphatic rings. The summed E-state index contributed by atoms with van der Waals surface area (Å²) in [5.41, 5.74) is 0.204. The SMILES string of the molecule is COC12CNCC(CO)(C1)C2. The van der Waals surface area contributed by atoms with Gasteiger partial charge in [0.25, 0.3) is 0 Å². The molecule has 3 heteroatoms. The Hall–Kier alpha value is -0.120. The maximum atomic E-state index is 9.10. The molecule has 11 heavy (non-hydrogen) atoms. The van der Waals surface area contributed by atoms with Gasteiger partial charge in [0, 0.05) is 25.6 Å². The summed E-state index contributed by atoms with van der Waals surface area (Å²) in [5, 5.41) is 12.4. The van der Waals surface area contributed by atoms with Gasteiger partial charge in [-0.25, -0.2) is 0 Å². The molecule has 3 rings (SSSR count). The van der Waals surface area contributed by atoms with Gasteiger partial charge in [0.1, 0.15) is 0 Å². The Morgan fingerprint density at radius 3 is 2.73 bits per heavy atom. The highest BCUT2D eigenvalue weighted by Crippen LogP contribution is 2.51. The molecule has 1 aliphatic carbocycles. The molecule has 0 atom stereocenters. The molecule has 0 unspecified atom stereocenters. The summed E-state index contributed by atoms with van der Waals surface area (Å²) in [6.07, 6.45) is 2.06. The topological polar surface area (TPSA) is 41.5 Å². The van der Waals surface area contributed by atoms with Crippen molar-refractivity contribution >= 4 is 0 Å². The zero-order chi connectivity index (χ0) is 7.95. The minimum atomic E-state index is 0.0565. The first-order chi connectivity index (χ1) is 5.24. The molecule has 3 fully saturated rings. The van der Waals surface area contributed by atoms with Crippen LogP contribution in [0.15, 0.2) is 0 Å². The van der Waals surface area contributed by atoms with Crippen LogP contribution in [0, 0.1) is 5.41 Å². The number of hydrogen-bond donors (Lipinski definition) is 2. The van der Waals surface area contributed by atoms with Crippen LogP contribution in [-0.2, 0) is 4.74 Å². The zero-order valence-corrected chi connectivity index (χ0v) is 6.89. The van der Waals surface area contributed by atoms with Crippen molar-refractivity contribution in [2.75, 3.05) is 26.8 Å². The Balaban J connectivity index is 2.05. The van der Waals surface area contributed by atoms with Crippen LogP contribution in [0.3, 0.4) is 0 Å². The quantitative estimate of drug-likeness (QED) is 0.580. The van der Waals surface area contributed by atoms with E-state index in [2.05, 4.69) is 5.32 Å². The summed E-state index contributed by atoms with van der Waals surface area (Å²) in [6.45, 7) is 2.20. The van der Waals surface area contributed by atoms with Crippen molar-refractivity contribution in [3.05, 3.63) is 0 Å². The largest absolute Gasteiger partial charge is 0.396 e. The molecule has 0 aromatic carbocycles. The molecule has 2 heterocycles. The fourth-order valence-electron chi connectivity index (χ4n) is 2.50. The van der Waals surface area contributed by atoms with E-state index in [0.717, 1.165) is 25.9 Å². The highest BCUT2D eigenvalue weighted by molar-refractivity contribution is 5.11. The van der Waals surface area contributed by atoms with Crippen LogP contribution in [0.2, 0.25) is 0 Å². The van der Waals surface area contributed by atoms with Gasteiger partial charge in [-0.05, 0) is 12.8 Å². The molecule has 0 amide bonds. The second-order valence-corrected chi connectivity index (χ2v) is 4.00. The van der Waals surface area contributed by atoms with E-state index in [1.54, 1.807) is 7.11 Å². The molecule has 3 nitrogen and oxygen atoms in total. The summed E-state index contributed by atoms with van der Waals surface area (Å²) in [6, 6.07) is 0. The van der Waals surface area contributed by atoms with Crippen LogP contribution in [0.1, 0.15) is 12.8 Å². The van der Waals surface area contributed by atoms with Gasteiger partial charge in [-0.3, -0.25) is 0 Å². The highest BCUT2D eigenvalue weighted by atomic mass is 16.5. The van der Waals surface area contributed by atoms with Crippen LogP contribution in [-0.4, -0.2) is 37.5 Å². The first kappa shape index (κ1) is 7.53. The predicted molar refractivity (Wildman–Crippen MR) is 41.4 cm³/mol. The van der Waals surface area contributed by atoms with Crippen LogP contribution in [0.4, 0.5) is 0 Å². The first-order valence-corrected chi connectivity index (χ1v) is 4.11. The Kier molecular flexibility index (Phi) is 1.50. The van der Waals surface area contributed by atoms with E-state index in [0.29, 0.717) is 6.61 Å². The minimum Gasteiger partial charge on any atom is -0.396 e. The lowest BCUT2D eigenvalue weighted by Crippen LogP contribution is -2.68. The molecular formula is C8H15NO2. The van der Waals surface area contributed by atoms with E-state index >= 15 is 0 Å². The third-order valence-corrected chi connectivity index (χ3v) is 3.11. The Morgan fingerprint density at radius 1 is 1.45 bits per heavy atom. The van der Waals surface area contributed by atoms with Gasteiger partial charge in [-0.1, -0.05) is 0 Å². The number of fused-ring (bicyclic) bond motifs is 2. The number of methoxy groups -OCH3 is 1. The summed E-state index contributed by atoms with van der Waals surface area (Å²) in [5.74, 6) is 0. The smallest absolute Gasteiger partial charge is 0.0815 e. The third-order valence-electron chi connectivity index (χ3n) is 3.11. The summed E-state index contributed by atoms with van der Waals surface area (Å²) < 4.78 is 5.40. The van der Waals surface area contributed by atoms with Gasteiger partial charge in [0.15, 0.2) is 0 Å². The number of nitrogens with one attached hydrogen (secondary N) is 1. The fraction of sp³-hybridized carbons (Fsp3) is 1.00. The molecule has 2 bridgehead atoms. The zero-order valence-electron chi connectivity index (χ0n) is 6.89. The van der Waals surface area contributed by atoms with Gasteiger partial charge in [-0.15, -0.1) is 0 Å². The molecular weight excluding hydrogens is 142 g/mol. The van der Waals surface area contributed by atoms with Crippen LogP contribution < -0.4 is 5.32 Å². The number of aliphatic hydroxyl groups is 1. The van der Waals surface area contributed by atoms with E-state index in [1.165, 1.54) is 0 Å². The molecule has 0 radical (unpaired) electrons. The fourth-order valence-corrected chi connectivity index (χ4v) is 2.50. The second kappa shape index (κ2) is 2.19. The standard InChI is InChI=1S/C8H15NO2/c1-11-8-2-7(3-8,6-10)4-9-5-8/h9-10H,2-6H2,1H3. The van der Waals surface area contributed by atoms with Gasteiger partial charge in [-0.2, -0.15) is 0 Å². The van der Waals surface area contributed by atoms with Crippen molar-refractivity contribution in [1.29, 1.82) is 0 Å². The van der Waals surface area contributed by atoms with Crippen molar-refractivity contribution in [3.8, 4) is 0 Å². The molecule has 64 valence electrons. The third kappa shape index (κ3) is 0.916. The molecule has 0 aromatic heterocycles. The molecule has 2 aliphatic heterocycles. The summed E-state index contributed by atoms with van der Waals surface area (Å²) in [7, 11) is 1.76. The molecule has 2 saturated heterocycles. The van der Waals surface area contributed by atoms with Gasteiger partial charge in [0.2, 0.25) is 0 Å². The molecule has 1 saturated carbocycles. The monoisotopic (exact) mass is 157 g/mol. The van der Waals surface area contributed by atoms with Crippen molar-refractivity contribution in [2.24, 2.45) is 5.41 Å². The number of rotatable bonds is 2. The van der Waals surface area contributed by atoms with Crippen LogP contribution in [0.25, 0.3) is 0 Å². The van der Waals surface area contributed by atoms with E-state index in [-0.39, 0.29) is 11.0 Å². The molecule has 2 N–H and O–H groups in total. The molecule has 0 aromatic rings. The van der Waals surface area contributed by atoms with Gasteiger partial charge < -0.3 is 15.2 Å². The maximum Gasteiger partial charge on any atom is 0.0815 e. The van der Waals surface area contributed by atoms with Crippen LogP contribution in [0.5, 0.6) is 0 Å². The van der Waals surface area contributed by atoms with Crippen LogP contribution >= 0.6 is 0 Å². The lowest BCUT2D eigenvalue weighted by Gasteiger charge is -2.59. The first-order valence-electron chi connectivity index (χ1n) is 4.11. The van der Waals surface area contributed by atoms with Crippen molar-refractivity contribution < 1.29 is 9.84 Å². The van der Waals surface area contributed by atoms with E-state index in [4.69, 9.17) is 9.84 Å². The maximum absolute atomic E-state index is 9.10. The van der Waals surface area contributed by atoms with Gasteiger partial charge in [0.05, 0.1) is 12.2 Å². The van der Waals surface area contributed by atoms with E-state index in [9.17, 15) is 0 Å². The second-order valence-electron chi connectivity index (χ2n) is 4.00. The normalized spacial score (nSPS) is 48.5. The van der Waals surface area contributed by atoms with E-state index in [1.807, 2.05) is 0 Å². The average Bonchev–Trinajstić information content (AvgIpc) is 2.04. The highest BCUT2D eigenvalue weighted by Gasteiger charge is 2.57. The number of hydrogen-bond acceptors (Lipinski definition) is 3. The molecule has 0 spiro atoms. The Bertz CT molecular complexity index is 147. The Labute approximate surface area is 66.7 Å². The lowest BCUT2D eigenvalue weighted by molar-refractivity contribution is -0.185. The lowest BCUT2D eigenvalue weighted by atomic mass is 9.57. The summed E-state index contributed by atoms with van der Waals surface area (Å²) >= 11 is 0. The predicted octanol–water partition coefficient (Wildman–Crippen LogP) is -0.253. The minimum absolute atomic E-state index is 0.0565. The number of aliphatic hydroxyl groups excluding tert-OH is 1. The average molecular weight is 157 g/mol. The Morgan fingerprint density at radius 2 is 2.18 bits per heavy atom. The number of piperidine rings is 2.